The van der Waals surface area contributed by atoms with Crippen molar-refractivity contribution in [2.75, 3.05) is 26.2 Å². The molecule has 4 saturated heterocycles. The number of nitrogens with zero attached hydrogens (tertiary/aromatic N) is 3. The quantitative estimate of drug-likeness (QED) is 0.632. The number of hydrogen-bond acceptors (Lipinski definition) is 5. The van der Waals surface area contributed by atoms with E-state index < -0.39 is 5.60 Å². The van der Waals surface area contributed by atoms with Crippen LogP contribution in [0.4, 0.5) is 4.79 Å². The third kappa shape index (κ3) is 7.34. The summed E-state index contributed by atoms with van der Waals surface area (Å²) in [4.78, 5) is 42.4. The van der Waals surface area contributed by atoms with Crippen molar-refractivity contribution in [3.05, 3.63) is 0 Å². The lowest BCUT2D eigenvalue weighted by molar-refractivity contribution is -0.138. The van der Waals surface area contributed by atoms with Gasteiger partial charge in [-0.3, -0.25) is 9.59 Å². The van der Waals surface area contributed by atoms with Crippen molar-refractivity contribution in [3.63, 3.8) is 0 Å². The first kappa shape index (κ1) is 27.8. The molecule has 0 aromatic heterocycles. The van der Waals surface area contributed by atoms with Crippen LogP contribution in [0.15, 0.2) is 0 Å². The number of fused-ring (bicyclic) bond motifs is 4. The van der Waals surface area contributed by atoms with E-state index >= 15 is 0 Å². The van der Waals surface area contributed by atoms with Crippen molar-refractivity contribution in [3.8, 4) is 0 Å². The number of piperidine rings is 2. The molecule has 0 saturated carbocycles. The molecular formula is C27H48N4O4. The fourth-order valence-corrected chi connectivity index (χ4v) is 6.14. The molecule has 0 aromatic carbocycles. The van der Waals surface area contributed by atoms with Gasteiger partial charge in [-0.2, -0.15) is 0 Å². The van der Waals surface area contributed by atoms with Gasteiger partial charge < -0.3 is 24.8 Å². The summed E-state index contributed by atoms with van der Waals surface area (Å²) in [5, 5.41) is 3.43. The summed E-state index contributed by atoms with van der Waals surface area (Å²) in [5.74, 6) is 0.569. The van der Waals surface area contributed by atoms with Gasteiger partial charge in [0.15, 0.2) is 0 Å². The Bertz CT molecular complexity index is 723. The van der Waals surface area contributed by atoms with Crippen molar-refractivity contribution in [2.24, 2.45) is 0 Å². The van der Waals surface area contributed by atoms with Crippen molar-refractivity contribution in [1.82, 2.24) is 20.0 Å². The van der Waals surface area contributed by atoms with Gasteiger partial charge in [-0.15, -0.1) is 0 Å². The predicted octanol–water partition coefficient (Wildman–Crippen LogP) is 3.93. The Morgan fingerprint density at radius 1 is 0.800 bits per heavy atom. The van der Waals surface area contributed by atoms with Gasteiger partial charge in [0.25, 0.3) is 0 Å². The second-order valence-corrected chi connectivity index (χ2v) is 11.5. The summed E-state index contributed by atoms with van der Waals surface area (Å²) < 4.78 is 5.49. The fraction of sp³-hybridized carbons (Fsp3) is 0.889. The summed E-state index contributed by atoms with van der Waals surface area (Å²) >= 11 is 0. The minimum atomic E-state index is -0.475. The van der Waals surface area contributed by atoms with Gasteiger partial charge in [0.05, 0.1) is 0 Å². The maximum atomic E-state index is 12.3. The average molecular weight is 493 g/mol. The number of ether oxygens (including phenoxy) is 1. The third-order valence-corrected chi connectivity index (χ3v) is 7.75. The molecule has 0 aromatic rings. The molecule has 4 heterocycles. The van der Waals surface area contributed by atoms with Gasteiger partial charge in [0.2, 0.25) is 11.8 Å². The molecule has 0 radical (unpaired) electrons. The Kier molecular flexibility index (Phi) is 9.85. The summed E-state index contributed by atoms with van der Waals surface area (Å²) in [5.41, 5.74) is -0.475. The number of carbonyl (C=O) groups excluding carboxylic acids is 3. The Morgan fingerprint density at radius 3 is 1.94 bits per heavy atom. The van der Waals surface area contributed by atoms with Crippen LogP contribution in [-0.2, 0) is 14.3 Å². The van der Waals surface area contributed by atoms with Gasteiger partial charge in [0, 0.05) is 56.6 Å². The predicted molar refractivity (Wildman–Crippen MR) is 137 cm³/mol. The monoisotopic (exact) mass is 492 g/mol. The SMILES string of the molecule is CCC(=O)N1C2CCCC1CN(C(=O)OC(C)(C)C)CC2.CCC(=O)N1C2CCCC1CNCC2. The largest absolute Gasteiger partial charge is 0.444 e. The normalized spacial score (nSPS) is 28.8. The first-order chi connectivity index (χ1) is 16.6. The van der Waals surface area contributed by atoms with Crippen LogP contribution in [0.2, 0.25) is 0 Å². The van der Waals surface area contributed by atoms with Crippen LogP contribution >= 0.6 is 0 Å². The lowest BCUT2D eigenvalue weighted by Gasteiger charge is -2.40. The van der Waals surface area contributed by atoms with Gasteiger partial charge >= 0.3 is 6.09 Å². The lowest BCUT2D eigenvalue weighted by Crippen LogP contribution is -2.51. The Morgan fingerprint density at radius 2 is 1.34 bits per heavy atom. The highest BCUT2D eigenvalue weighted by atomic mass is 16.6. The maximum Gasteiger partial charge on any atom is 0.410 e. The van der Waals surface area contributed by atoms with Gasteiger partial charge in [-0.25, -0.2) is 4.79 Å². The number of carbonyl (C=O) groups is 3. The molecule has 4 aliphatic heterocycles. The standard InChI is InChI=1S/C16H28N2O3.C11H20N2O/c1-5-14(19)18-12-7-6-8-13(18)11-17(10-9-12)15(20)21-16(2,3)4;1-2-11(14)13-9-4-3-5-10(13)8-12-7-6-9/h12-13H,5-11H2,1-4H3;9-10,12H,2-8H2,1H3. The molecule has 4 bridgehead atoms. The molecule has 1 N–H and O–H groups in total. The molecule has 0 spiro atoms. The summed E-state index contributed by atoms with van der Waals surface area (Å²) in [6.07, 6.45) is 9.84. The van der Waals surface area contributed by atoms with Gasteiger partial charge in [-0.05, 0) is 78.7 Å². The van der Waals surface area contributed by atoms with Crippen LogP contribution in [0.3, 0.4) is 0 Å². The average Bonchev–Trinajstić information content (AvgIpc) is 3.01. The zero-order chi connectivity index (χ0) is 25.6. The first-order valence-corrected chi connectivity index (χ1v) is 14.0. The topological polar surface area (TPSA) is 82.2 Å². The molecule has 3 amide bonds. The van der Waals surface area contributed by atoms with E-state index in [-0.39, 0.29) is 18.0 Å². The van der Waals surface area contributed by atoms with E-state index in [4.69, 9.17) is 4.74 Å². The van der Waals surface area contributed by atoms with E-state index in [1.54, 1.807) is 4.90 Å². The highest BCUT2D eigenvalue weighted by Crippen LogP contribution is 2.30. The van der Waals surface area contributed by atoms with Crippen LogP contribution in [-0.4, -0.2) is 88.6 Å². The highest BCUT2D eigenvalue weighted by Gasteiger charge is 2.39. The smallest absolute Gasteiger partial charge is 0.410 e. The summed E-state index contributed by atoms with van der Waals surface area (Å²) in [6, 6.07) is 1.45. The Hall–Kier alpha value is -1.83. The first-order valence-electron chi connectivity index (χ1n) is 14.0. The van der Waals surface area contributed by atoms with Crippen molar-refractivity contribution in [2.45, 2.75) is 129 Å². The number of nitrogens with one attached hydrogen (secondary N) is 1. The van der Waals surface area contributed by atoms with E-state index in [9.17, 15) is 14.4 Å². The van der Waals surface area contributed by atoms with E-state index in [1.165, 1.54) is 19.3 Å². The zero-order valence-electron chi connectivity index (χ0n) is 22.7. The van der Waals surface area contributed by atoms with E-state index in [0.29, 0.717) is 50.0 Å². The third-order valence-electron chi connectivity index (χ3n) is 7.75. The van der Waals surface area contributed by atoms with Crippen molar-refractivity contribution < 1.29 is 19.1 Å². The molecule has 4 atom stereocenters. The molecule has 0 aliphatic carbocycles. The highest BCUT2D eigenvalue weighted by molar-refractivity contribution is 5.77. The van der Waals surface area contributed by atoms with Gasteiger partial charge in [0.1, 0.15) is 5.60 Å². The van der Waals surface area contributed by atoms with Crippen molar-refractivity contribution in [1.29, 1.82) is 0 Å². The van der Waals surface area contributed by atoms with Crippen molar-refractivity contribution >= 4 is 17.9 Å². The lowest BCUT2D eigenvalue weighted by atomic mass is 9.94. The van der Waals surface area contributed by atoms with Crippen LogP contribution < -0.4 is 5.32 Å². The molecule has 35 heavy (non-hydrogen) atoms. The minimum absolute atomic E-state index is 0.159. The van der Waals surface area contributed by atoms with E-state index in [1.807, 2.05) is 39.5 Å². The molecular weight excluding hydrogens is 444 g/mol. The van der Waals surface area contributed by atoms with Crippen LogP contribution in [0, 0.1) is 0 Å². The second kappa shape index (κ2) is 12.4. The zero-order valence-corrected chi connectivity index (χ0v) is 22.7. The Labute approximate surface area is 212 Å². The molecule has 4 unspecified atom stereocenters. The molecule has 8 nitrogen and oxygen atoms in total. The Balaban J connectivity index is 0.000000211. The molecule has 4 fully saturated rings. The number of hydrogen-bond donors (Lipinski definition) is 1. The molecule has 4 aliphatic rings. The molecule has 200 valence electrons. The van der Waals surface area contributed by atoms with Crippen LogP contribution in [0.25, 0.3) is 0 Å². The summed E-state index contributed by atoms with van der Waals surface area (Å²) in [7, 11) is 0. The van der Waals surface area contributed by atoms with Crippen LogP contribution in [0.5, 0.6) is 0 Å². The van der Waals surface area contributed by atoms with E-state index in [0.717, 1.165) is 45.2 Å². The van der Waals surface area contributed by atoms with E-state index in [2.05, 4.69) is 10.2 Å². The second-order valence-electron chi connectivity index (χ2n) is 11.5. The number of amides is 3. The molecule has 4 rings (SSSR count). The van der Waals surface area contributed by atoms with Gasteiger partial charge in [-0.1, -0.05) is 13.8 Å². The minimum Gasteiger partial charge on any atom is -0.444 e. The molecule has 8 heteroatoms. The summed E-state index contributed by atoms with van der Waals surface area (Å²) in [6.45, 7) is 12.9. The number of rotatable bonds is 2. The fourth-order valence-electron chi connectivity index (χ4n) is 6.14. The van der Waals surface area contributed by atoms with Crippen LogP contribution in [0.1, 0.15) is 98.8 Å². The maximum absolute atomic E-state index is 12.3.